The van der Waals surface area contributed by atoms with Crippen molar-refractivity contribution in [3.8, 4) is 11.5 Å². The molecule has 1 aliphatic heterocycles. The summed E-state index contributed by atoms with van der Waals surface area (Å²) < 4.78 is 12.0. The zero-order valence-electron chi connectivity index (χ0n) is 18.5. The second kappa shape index (κ2) is 10.5. The Morgan fingerprint density at radius 3 is 2.52 bits per heavy atom. The maximum absolute atomic E-state index is 6.06. The molecule has 1 unspecified atom stereocenters. The molecule has 0 saturated carbocycles. The molecular formula is C27H32N2O2. The van der Waals surface area contributed by atoms with E-state index in [1.54, 1.807) is 0 Å². The van der Waals surface area contributed by atoms with Gasteiger partial charge in [0.05, 0.1) is 12.6 Å². The van der Waals surface area contributed by atoms with Gasteiger partial charge in [0.1, 0.15) is 18.1 Å². The highest BCUT2D eigenvalue weighted by Gasteiger charge is 2.22. The van der Waals surface area contributed by atoms with Crippen molar-refractivity contribution in [2.45, 2.75) is 18.9 Å². The zero-order valence-corrected chi connectivity index (χ0v) is 18.5. The van der Waals surface area contributed by atoms with Crippen molar-refractivity contribution in [3.63, 3.8) is 0 Å². The molecule has 3 aromatic rings. The quantitative estimate of drug-likeness (QED) is 0.558. The van der Waals surface area contributed by atoms with Gasteiger partial charge >= 0.3 is 0 Å². The van der Waals surface area contributed by atoms with Gasteiger partial charge in [0, 0.05) is 19.5 Å². The fourth-order valence-electron chi connectivity index (χ4n) is 3.99. The van der Waals surface area contributed by atoms with Crippen molar-refractivity contribution in [2.75, 3.05) is 40.4 Å². The summed E-state index contributed by atoms with van der Waals surface area (Å²) >= 11 is 0. The average Bonchev–Trinajstić information content (AvgIpc) is 2.79. The Bertz CT molecular complexity index is 972. The Balaban J connectivity index is 1.42. The van der Waals surface area contributed by atoms with Crippen LogP contribution in [0.25, 0.3) is 0 Å². The summed E-state index contributed by atoms with van der Waals surface area (Å²) in [6.07, 6.45) is 1.93. The summed E-state index contributed by atoms with van der Waals surface area (Å²) in [6, 6.07) is 25.6. The van der Waals surface area contributed by atoms with E-state index in [0.29, 0.717) is 13.2 Å². The molecule has 162 valence electrons. The predicted molar refractivity (Wildman–Crippen MR) is 126 cm³/mol. The number of nitrogens with zero attached hydrogens (tertiary/aromatic N) is 1. The molecule has 0 spiro atoms. The van der Waals surface area contributed by atoms with E-state index in [-0.39, 0.29) is 6.04 Å². The first-order valence-electron chi connectivity index (χ1n) is 11.1. The Morgan fingerprint density at radius 1 is 0.871 bits per heavy atom. The van der Waals surface area contributed by atoms with Gasteiger partial charge in [-0.25, -0.2) is 0 Å². The second-order valence-corrected chi connectivity index (χ2v) is 8.31. The van der Waals surface area contributed by atoms with Crippen LogP contribution in [-0.2, 0) is 12.8 Å². The number of rotatable bonds is 9. The molecule has 0 bridgehead atoms. The summed E-state index contributed by atoms with van der Waals surface area (Å²) in [5, 5.41) is 3.68. The van der Waals surface area contributed by atoms with E-state index >= 15 is 0 Å². The number of hydrogen-bond acceptors (Lipinski definition) is 4. The van der Waals surface area contributed by atoms with Crippen molar-refractivity contribution >= 4 is 0 Å². The fraction of sp³-hybridized carbons (Fsp3) is 0.333. The number of nitrogens with one attached hydrogen (secondary N) is 1. The van der Waals surface area contributed by atoms with Crippen molar-refractivity contribution in [1.29, 1.82) is 0 Å². The fourth-order valence-corrected chi connectivity index (χ4v) is 3.99. The third-order valence-electron chi connectivity index (χ3n) is 5.67. The third-order valence-corrected chi connectivity index (χ3v) is 5.67. The molecule has 1 N–H and O–H groups in total. The number of benzene rings is 3. The molecule has 4 heteroatoms. The largest absolute Gasteiger partial charge is 0.493 e. The topological polar surface area (TPSA) is 33.7 Å². The normalized spacial score (nSPS) is 15.5. The lowest BCUT2D eigenvalue weighted by Gasteiger charge is -2.28. The molecular weight excluding hydrogens is 384 g/mol. The van der Waals surface area contributed by atoms with Crippen LogP contribution >= 0.6 is 0 Å². The summed E-state index contributed by atoms with van der Waals surface area (Å²) in [7, 11) is 4.12. The number of likely N-dealkylation sites (N-methyl/N-ethyl adjacent to an activating group) is 1. The van der Waals surface area contributed by atoms with Gasteiger partial charge in [-0.15, -0.1) is 0 Å². The van der Waals surface area contributed by atoms with Gasteiger partial charge in [-0.1, -0.05) is 48.5 Å². The van der Waals surface area contributed by atoms with Gasteiger partial charge in [0.2, 0.25) is 0 Å². The van der Waals surface area contributed by atoms with Crippen LogP contribution < -0.4 is 14.8 Å². The summed E-state index contributed by atoms with van der Waals surface area (Å²) in [6.45, 7) is 3.25. The number of fused-ring (bicyclic) bond motifs is 1. The highest BCUT2D eigenvalue weighted by atomic mass is 16.5. The molecule has 1 heterocycles. The van der Waals surface area contributed by atoms with Crippen molar-refractivity contribution in [3.05, 3.63) is 95.1 Å². The van der Waals surface area contributed by atoms with Gasteiger partial charge < -0.3 is 19.7 Å². The summed E-state index contributed by atoms with van der Waals surface area (Å²) in [5.74, 6) is 1.88. The van der Waals surface area contributed by atoms with Crippen molar-refractivity contribution in [1.82, 2.24) is 10.2 Å². The summed E-state index contributed by atoms with van der Waals surface area (Å²) in [4.78, 5) is 2.13. The lowest BCUT2D eigenvalue weighted by molar-refractivity contribution is 0.261. The standard InChI is InChI=1S/C27H32N2O2/c1-29(2)16-18-31-25-11-12-26-22(19-25)13-15-28-27(26)23-9-6-10-24(20-23)30-17-14-21-7-4-3-5-8-21/h3-12,19-20,27-28H,13-18H2,1-2H3. The average molecular weight is 417 g/mol. The first kappa shape index (κ1) is 21.4. The van der Waals surface area contributed by atoms with E-state index in [0.717, 1.165) is 37.4 Å². The maximum atomic E-state index is 6.06. The maximum Gasteiger partial charge on any atom is 0.119 e. The van der Waals surface area contributed by atoms with Crippen LogP contribution in [0.4, 0.5) is 0 Å². The van der Waals surface area contributed by atoms with Gasteiger partial charge in [0.25, 0.3) is 0 Å². The monoisotopic (exact) mass is 416 g/mol. The minimum absolute atomic E-state index is 0.178. The lowest BCUT2D eigenvalue weighted by Crippen LogP contribution is -2.30. The molecule has 0 radical (unpaired) electrons. The van der Waals surface area contributed by atoms with Crippen molar-refractivity contribution < 1.29 is 9.47 Å². The molecule has 31 heavy (non-hydrogen) atoms. The van der Waals surface area contributed by atoms with E-state index in [4.69, 9.17) is 9.47 Å². The van der Waals surface area contributed by atoms with Gasteiger partial charge in [-0.2, -0.15) is 0 Å². The van der Waals surface area contributed by atoms with E-state index in [1.165, 1.54) is 22.3 Å². The molecule has 0 amide bonds. The van der Waals surface area contributed by atoms with Gasteiger partial charge in [-0.3, -0.25) is 0 Å². The molecule has 0 aliphatic carbocycles. The third kappa shape index (κ3) is 5.87. The Hall–Kier alpha value is -2.82. The first-order valence-corrected chi connectivity index (χ1v) is 11.1. The van der Waals surface area contributed by atoms with Crippen LogP contribution in [-0.4, -0.2) is 45.3 Å². The summed E-state index contributed by atoms with van der Waals surface area (Å²) in [5.41, 5.74) is 5.22. The van der Waals surface area contributed by atoms with Crippen LogP contribution in [0.5, 0.6) is 11.5 Å². The Morgan fingerprint density at radius 2 is 1.68 bits per heavy atom. The van der Waals surface area contributed by atoms with Gasteiger partial charge in [-0.05, 0) is 67.0 Å². The number of ether oxygens (including phenoxy) is 2. The molecule has 4 rings (SSSR count). The molecule has 0 saturated heterocycles. The van der Waals surface area contributed by atoms with E-state index in [2.05, 4.69) is 85.0 Å². The SMILES string of the molecule is CN(C)CCOc1ccc2c(c1)CCNC2c1cccc(OCCc2ccccc2)c1. The molecule has 4 nitrogen and oxygen atoms in total. The minimum Gasteiger partial charge on any atom is -0.493 e. The smallest absolute Gasteiger partial charge is 0.119 e. The molecule has 0 aromatic heterocycles. The van der Waals surface area contributed by atoms with Crippen LogP contribution in [0.1, 0.15) is 28.3 Å². The lowest BCUT2D eigenvalue weighted by atomic mass is 9.89. The Labute approximate surface area is 185 Å². The zero-order chi connectivity index (χ0) is 21.5. The van der Waals surface area contributed by atoms with Gasteiger partial charge in [0.15, 0.2) is 0 Å². The first-order chi connectivity index (χ1) is 15.2. The van der Waals surface area contributed by atoms with E-state index in [1.807, 2.05) is 12.1 Å². The van der Waals surface area contributed by atoms with Crippen molar-refractivity contribution in [2.24, 2.45) is 0 Å². The molecule has 3 aromatic carbocycles. The van der Waals surface area contributed by atoms with Crippen LogP contribution in [0, 0.1) is 0 Å². The van der Waals surface area contributed by atoms with Crippen LogP contribution in [0.2, 0.25) is 0 Å². The molecule has 0 fully saturated rings. The van der Waals surface area contributed by atoms with Crippen LogP contribution in [0.3, 0.4) is 0 Å². The Kier molecular flexibility index (Phi) is 7.23. The minimum atomic E-state index is 0.178. The highest BCUT2D eigenvalue weighted by molar-refractivity contribution is 5.45. The molecule has 1 atom stereocenters. The second-order valence-electron chi connectivity index (χ2n) is 8.31. The number of hydrogen-bond donors (Lipinski definition) is 1. The van der Waals surface area contributed by atoms with Crippen LogP contribution in [0.15, 0.2) is 72.8 Å². The van der Waals surface area contributed by atoms with E-state index in [9.17, 15) is 0 Å². The highest BCUT2D eigenvalue weighted by Crippen LogP contribution is 2.32. The predicted octanol–water partition coefficient (Wildman–Crippen LogP) is 4.48. The molecule has 1 aliphatic rings. The van der Waals surface area contributed by atoms with E-state index < -0.39 is 0 Å².